The van der Waals surface area contributed by atoms with Crippen LogP contribution in [0.25, 0.3) is 0 Å². The Kier molecular flexibility index (Phi) is 4.96. The van der Waals surface area contributed by atoms with Crippen molar-refractivity contribution in [3.8, 4) is 0 Å². The van der Waals surface area contributed by atoms with E-state index in [0.29, 0.717) is 31.8 Å². The van der Waals surface area contributed by atoms with E-state index >= 15 is 0 Å². The molecule has 0 unspecified atom stereocenters. The molecule has 1 aliphatic carbocycles. The summed E-state index contributed by atoms with van der Waals surface area (Å²) >= 11 is 0. The minimum Gasteiger partial charge on any atom is -0.361 e. The molecule has 1 aromatic heterocycles. The first-order valence-electron chi connectivity index (χ1n) is 8.44. The number of carbonyl (C=O) groups excluding carboxylic acids is 1. The normalized spacial score (nSPS) is 22.9. The van der Waals surface area contributed by atoms with Gasteiger partial charge in [0.05, 0.1) is 18.1 Å². The maximum Gasteiger partial charge on any atom is 0.223 e. The topological polar surface area (TPSA) is 83.7 Å². The molecule has 7 nitrogen and oxygen atoms in total. The molecule has 0 N–H and O–H groups in total. The van der Waals surface area contributed by atoms with E-state index in [-0.39, 0.29) is 23.5 Å². The van der Waals surface area contributed by atoms with Gasteiger partial charge in [-0.25, -0.2) is 8.42 Å². The first kappa shape index (κ1) is 17.4. The highest BCUT2D eigenvalue weighted by Gasteiger charge is 2.31. The number of rotatable bonds is 7. The first-order chi connectivity index (χ1) is 11.3. The molecule has 1 amide bonds. The maximum absolute atomic E-state index is 12.3. The third-order valence-electron chi connectivity index (χ3n) is 4.89. The van der Waals surface area contributed by atoms with Crippen LogP contribution in [0.1, 0.15) is 43.1 Å². The van der Waals surface area contributed by atoms with Crippen molar-refractivity contribution in [3.63, 3.8) is 0 Å². The second kappa shape index (κ2) is 6.84. The van der Waals surface area contributed by atoms with Crippen LogP contribution in [0.3, 0.4) is 0 Å². The molecule has 134 valence electrons. The molecule has 1 saturated carbocycles. The van der Waals surface area contributed by atoms with Crippen molar-refractivity contribution < 1.29 is 17.7 Å². The predicted molar refractivity (Wildman–Crippen MR) is 89.3 cm³/mol. The van der Waals surface area contributed by atoms with Crippen LogP contribution in [0.5, 0.6) is 0 Å². The van der Waals surface area contributed by atoms with E-state index in [0.717, 1.165) is 24.3 Å². The fraction of sp³-hybridized carbons (Fsp3) is 0.750. The third-order valence-corrected chi connectivity index (χ3v) is 6.64. The monoisotopic (exact) mass is 355 g/mol. The summed E-state index contributed by atoms with van der Waals surface area (Å²) in [6.45, 7) is 1.01. The van der Waals surface area contributed by atoms with Gasteiger partial charge in [-0.2, -0.15) is 0 Å². The van der Waals surface area contributed by atoms with Crippen LogP contribution < -0.4 is 0 Å². The Morgan fingerprint density at radius 2 is 2.08 bits per heavy atom. The van der Waals surface area contributed by atoms with Crippen molar-refractivity contribution in [1.29, 1.82) is 0 Å². The molecular weight excluding hydrogens is 330 g/mol. The smallest absolute Gasteiger partial charge is 0.223 e. The van der Waals surface area contributed by atoms with Crippen LogP contribution in [0, 0.1) is 0 Å². The minimum absolute atomic E-state index is 0.0266. The van der Waals surface area contributed by atoms with Gasteiger partial charge in [-0.15, -0.1) is 0 Å². The van der Waals surface area contributed by atoms with E-state index in [1.807, 2.05) is 18.0 Å². The zero-order valence-corrected chi connectivity index (χ0v) is 15.1. The Balaban J connectivity index is 1.43. The molecule has 1 aromatic rings. The lowest BCUT2D eigenvalue weighted by Crippen LogP contribution is -2.36. The van der Waals surface area contributed by atoms with E-state index in [9.17, 15) is 13.2 Å². The number of aromatic nitrogens is 1. The van der Waals surface area contributed by atoms with Crippen molar-refractivity contribution in [1.82, 2.24) is 15.0 Å². The summed E-state index contributed by atoms with van der Waals surface area (Å²) in [7, 11) is 0.754. The Morgan fingerprint density at radius 1 is 1.33 bits per heavy atom. The van der Waals surface area contributed by atoms with Gasteiger partial charge in [-0.05, 0) is 26.3 Å². The number of hydrogen-bond acceptors (Lipinski definition) is 6. The van der Waals surface area contributed by atoms with Crippen molar-refractivity contribution in [3.05, 3.63) is 17.5 Å². The quantitative estimate of drug-likeness (QED) is 0.726. The van der Waals surface area contributed by atoms with Crippen LogP contribution in [-0.4, -0.2) is 67.5 Å². The summed E-state index contributed by atoms with van der Waals surface area (Å²) in [5, 5.41) is 4.03. The second-order valence-electron chi connectivity index (χ2n) is 7.03. The molecule has 2 heterocycles. The van der Waals surface area contributed by atoms with E-state index in [1.165, 1.54) is 0 Å². The number of hydrogen-bond donors (Lipinski definition) is 0. The molecule has 0 radical (unpaired) electrons. The highest BCUT2D eigenvalue weighted by molar-refractivity contribution is 7.91. The standard InChI is InChI=1S/C16H25N3O4S/c1-18(14-6-8-24(21,22)11-14)7-5-16(20)19(2)10-13-9-15(23-17-13)12-3-4-12/h9,12,14H,3-8,10-11H2,1-2H3/t14-/m1/s1. The van der Waals surface area contributed by atoms with E-state index in [2.05, 4.69) is 5.16 Å². The SMILES string of the molecule is CN(Cc1cc(C2CC2)on1)C(=O)CCN(C)[C@@H]1CCS(=O)(=O)C1. The van der Waals surface area contributed by atoms with Gasteiger partial charge in [-0.1, -0.05) is 5.16 Å². The molecule has 1 atom stereocenters. The fourth-order valence-electron chi connectivity index (χ4n) is 3.06. The Labute approximate surface area is 142 Å². The third kappa shape index (κ3) is 4.36. The maximum atomic E-state index is 12.3. The van der Waals surface area contributed by atoms with Crippen LogP contribution in [0.2, 0.25) is 0 Å². The number of nitrogens with zero attached hydrogens (tertiary/aromatic N) is 3. The van der Waals surface area contributed by atoms with Gasteiger partial charge in [-0.3, -0.25) is 4.79 Å². The van der Waals surface area contributed by atoms with Crippen molar-refractivity contribution >= 4 is 15.7 Å². The summed E-state index contributed by atoms with van der Waals surface area (Å²) < 4.78 is 28.4. The van der Waals surface area contributed by atoms with Gasteiger partial charge in [0.2, 0.25) is 5.91 Å². The molecule has 1 saturated heterocycles. The van der Waals surface area contributed by atoms with Gasteiger partial charge >= 0.3 is 0 Å². The van der Waals surface area contributed by atoms with Gasteiger partial charge in [0, 0.05) is 38.0 Å². The lowest BCUT2D eigenvalue weighted by atomic mass is 10.2. The Hall–Kier alpha value is -1.41. The molecule has 0 spiro atoms. The predicted octanol–water partition coefficient (Wildman–Crippen LogP) is 1.02. The molecule has 24 heavy (non-hydrogen) atoms. The molecule has 2 fully saturated rings. The lowest BCUT2D eigenvalue weighted by molar-refractivity contribution is -0.130. The van der Waals surface area contributed by atoms with E-state index in [1.54, 1.807) is 11.9 Å². The summed E-state index contributed by atoms with van der Waals surface area (Å²) in [5.74, 6) is 1.93. The van der Waals surface area contributed by atoms with E-state index in [4.69, 9.17) is 4.52 Å². The largest absolute Gasteiger partial charge is 0.361 e. The average Bonchev–Trinajstić information content (AvgIpc) is 3.17. The number of sulfone groups is 1. The highest BCUT2D eigenvalue weighted by atomic mass is 32.2. The summed E-state index contributed by atoms with van der Waals surface area (Å²) in [6, 6.07) is 1.97. The fourth-order valence-corrected chi connectivity index (χ4v) is 4.87. The molecule has 0 aromatic carbocycles. The summed E-state index contributed by atoms with van der Waals surface area (Å²) in [4.78, 5) is 15.9. The number of amides is 1. The molecular formula is C16H25N3O4S. The number of carbonyl (C=O) groups is 1. The van der Waals surface area contributed by atoms with Gasteiger partial charge in [0.1, 0.15) is 11.5 Å². The summed E-state index contributed by atoms with van der Waals surface area (Å²) in [6.07, 6.45) is 3.35. The van der Waals surface area contributed by atoms with Gasteiger partial charge in [0.25, 0.3) is 0 Å². The van der Waals surface area contributed by atoms with Crippen LogP contribution in [0.4, 0.5) is 0 Å². The minimum atomic E-state index is -2.89. The van der Waals surface area contributed by atoms with Crippen molar-refractivity contribution in [2.24, 2.45) is 0 Å². The van der Waals surface area contributed by atoms with Crippen molar-refractivity contribution in [2.45, 2.75) is 44.2 Å². The van der Waals surface area contributed by atoms with Gasteiger partial charge in [0.15, 0.2) is 9.84 Å². The lowest BCUT2D eigenvalue weighted by Gasteiger charge is -2.24. The zero-order chi connectivity index (χ0) is 17.3. The highest BCUT2D eigenvalue weighted by Crippen LogP contribution is 2.40. The van der Waals surface area contributed by atoms with Crippen LogP contribution in [-0.2, 0) is 21.2 Å². The van der Waals surface area contributed by atoms with Gasteiger partial charge < -0.3 is 14.3 Å². The molecule has 2 aliphatic rings. The average molecular weight is 355 g/mol. The van der Waals surface area contributed by atoms with Crippen LogP contribution in [0.15, 0.2) is 10.6 Å². The molecule has 1 aliphatic heterocycles. The molecule has 0 bridgehead atoms. The van der Waals surface area contributed by atoms with Crippen molar-refractivity contribution in [2.75, 3.05) is 32.1 Å². The zero-order valence-electron chi connectivity index (χ0n) is 14.3. The Bertz CT molecular complexity index is 696. The second-order valence-corrected chi connectivity index (χ2v) is 9.26. The van der Waals surface area contributed by atoms with Crippen LogP contribution >= 0.6 is 0 Å². The first-order valence-corrected chi connectivity index (χ1v) is 10.3. The molecule has 3 rings (SSSR count). The Morgan fingerprint density at radius 3 is 2.71 bits per heavy atom. The van der Waals surface area contributed by atoms with E-state index < -0.39 is 9.84 Å². The summed E-state index contributed by atoms with van der Waals surface area (Å²) in [5.41, 5.74) is 0.781. The molecule has 8 heteroatoms.